The van der Waals surface area contributed by atoms with E-state index in [0.717, 1.165) is 12.8 Å². The monoisotopic (exact) mass is 329 g/mol. The van der Waals surface area contributed by atoms with E-state index in [9.17, 15) is 9.59 Å². The lowest BCUT2D eigenvalue weighted by molar-refractivity contribution is -0.144. The molecule has 0 saturated carbocycles. The summed E-state index contributed by atoms with van der Waals surface area (Å²) < 4.78 is 9.75. The molecule has 23 heavy (non-hydrogen) atoms. The van der Waals surface area contributed by atoms with Crippen LogP contribution >= 0.6 is 0 Å². The van der Waals surface area contributed by atoms with Crippen molar-refractivity contribution >= 4 is 12.1 Å². The molecule has 0 aromatic heterocycles. The molecule has 0 aromatic carbocycles. The molecule has 0 unspecified atom stereocenters. The van der Waals surface area contributed by atoms with Crippen LogP contribution in [0, 0.1) is 0 Å². The van der Waals surface area contributed by atoms with Crippen LogP contribution in [0.1, 0.15) is 78.1 Å². The van der Waals surface area contributed by atoms with Crippen molar-refractivity contribution < 1.29 is 19.1 Å². The Kier molecular flexibility index (Phi) is 14.8. The van der Waals surface area contributed by atoms with Gasteiger partial charge < -0.3 is 9.47 Å². The molecule has 0 rings (SSSR count). The van der Waals surface area contributed by atoms with Crippen molar-refractivity contribution in [3.8, 4) is 0 Å². The molecule has 1 amide bonds. The fraction of sp³-hybridized carbons (Fsp3) is 0.889. The van der Waals surface area contributed by atoms with Crippen LogP contribution in [0.5, 0.6) is 0 Å². The minimum atomic E-state index is -0.497. The van der Waals surface area contributed by atoms with Crippen LogP contribution < -0.4 is 0 Å². The number of likely N-dealkylation sites (N-methyl/N-ethyl adjacent to an activating group) is 1. The van der Waals surface area contributed by atoms with Gasteiger partial charge in [0.25, 0.3) is 0 Å². The third-order valence-electron chi connectivity index (χ3n) is 3.90. The van der Waals surface area contributed by atoms with Gasteiger partial charge in [0.2, 0.25) is 0 Å². The number of esters is 1. The standard InChI is InChI=1S/C18H35NO4/c1-4-6-7-8-9-10-11-12-13-14-15-23-17(20)16-19(5-2)18(21)22-3/h4-16H2,1-3H3. The largest absolute Gasteiger partial charge is 0.464 e. The Balaban J connectivity index is 3.43. The zero-order chi connectivity index (χ0) is 17.3. The van der Waals surface area contributed by atoms with Crippen molar-refractivity contribution in [2.45, 2.75) is 78.1 Å². The molecule has 0 aromatic rings. The van der Waals surface area contributed by atoms with E-state index in [1.165, 1.54) is 63.4 Å². The van der Waals surface area contributed by atoms with Crippen LogP contribution in [0.2, 0.25) is 0 Å². The Morgan fingerprint density at radius 3 is 1.83 bits per heavy atom. The van der Waals surface area contributed by atoms with E-state index in [-0.39, 0.29) is 12.5 Å². The molecule has 0 aliphatic rings. The van der Waals surface area contributed by atoms with E-state index in [4.69, 9.17) is 4.74 Å². The number of rotatable bonds is 14. The lowest BCUT2D eigenvalue weighted by Crippen LogP contribution is -2.36. The number of nitrogens with zero attached hydrogens (tertiary/aromatic N) is 1. The fourth-order valence-electron chi connectivity index (χ4n) is 2.41. The average Bonchev–Trinajstić information content (AvgIpc) is 2.56. The second-order valence-electron chi connectivity index (χ2n) is 5.89. The molecule has 0 bridgehead atoms. The van der Waals surface area contributed by atoms with Gasteiger partial charge in [-0.05, 0) is 13.3 Å². The molecule has 0 saturated heterocycles. The zero-order valence-corrected chi connectivity index (χ0v) is 15.3. The van der Waals surface area contributed by atoms with Gasteiger partial charge in [-0.2, -0.15) is 0 Å². The van der Waals surface area contributed by atoms with Crippen molar-refractivity contribution in [2.24, 2.45) is 0 Å². The molecular formula is C18H35NO4. The fourth-order valence-corrected chi connectivity index (χ4v) is 2.41. The first-order valence-corrected chi connectivity index (χ1v) is 9.14. The zero-order valence-electron chi connectivity index (χ0n) is 15.3. The summed E-state index contributed by atoms with van der Waals surface area (Å²) in [4.78, 5) is 24.3. The third kappa shape index (κ3) is 12.9. The highest BCUT2D eigenvalue weighted by atomic mass is 16.5. The first kappa shape index (κ1) is 21.7. The van der Waals surface area contributed by atoms with Gasteiger partial charge in [-0.1, -0.05) is 64.7 Å². The van der Waals surface area contributed by atoms with E-state index in [0.29, 0.717) is 13.2 Å². The van der Waals surface area contributed by atoms with Crippen LogP contribution in [0.4, 0.5) is 4.79 Å². The predicted octanol–water partition coefficient (Wildman–Crippen LogP) is 4.54. The maximum atomic E-state index is 11.6. The minimum Gasteiger partial charge on any atom is -0.464 e. The summed E-state index contributed by atoms with van der Waals surface area (Å²) >= 11 is 0. The number of hydrogen-bond donors (Lipinski definition) is 0. The normalized spacial score (nSPS) is 10.4. The van der Waals surface area contributed by atoms with Crippen LogP contribution in [0.3, 0.4) is 0 Å². The highest BCUT2D eigenvalue weighted by molar-refractivity contribution is 5.77. The molecule has 0 fully saturated rings. The molecular weight excluding hydrogens is 294 g/mol. The smallest absolute Gasteiger partial charge is 0.410 e. The van der Waals surface area contributed by atoms with Crippen LogP contribution in [-0.4, -0.2) is 43.8 Å². The Morgan fingerprint density at radius 1 is 0.826 bits per heavy atom. The number of methoxy groups -OCH3 is 1. The van der Waals surface area contributed by atoms with E-state index in [2.05, 4.69) is 11.7 Å². The first-order chi connectivity index (χ1) is 11.2. The highest BCUT2D eigenvalue weighted by Gasteiger charge is 2.16. The molecule has 5 nitrogen and oxygen atoms in total. The quantitative estimate of drug-likeness (QED) is 0.347. The van der Waals surface area contributed by atoms with E-state index in [1.807, 2.05) is 0 Å². The molecule has 0 aliphatic heterocycles. The predicted molar refractivity (Wildman–Crippen MR) is 92.5 cm³/mol. The maximum absolute atomic E-state index is 11.6. The molecule has 0 heterocycles. The van der Waals surface area contributed by atoms with E-state index in [1.54, 1.807) is 6.92 Å². The van der Waals surface area contributed by atoms with Crippen molar-refractivity contribution in [1.29, 1.82) is 0 Å². The van der Waals surface area contributed by atoms with Gasteiger partial charge in [-0.15, -0.1) is 0 Å². The van der Waals surface area contributed by atoms with Crippen LogP contribution in [0.25, 0.3) is 0 Å². The van der Waals surface area contributed by atoms with E-state index >= 15 is 0 Å². The maximum Gasteiger partial charge on any atom is 0.410 e. The van der Waals surface area contributed by atoms with Gasteiger partial charge in [0.15, 0.2) is 0 Å². The molecule has 0 aliphatic carbocycles. The summed E-state index contributed by atoms with van der Waals surface area (Å²) in [5.41, 5.74) is 0. The number of unbranched alkanes of at least 4 members (excludes halogenated alkanes) is 9. The van der Waals surface area contributed by atoms with Crippen molar-refractivity contribution in [3.05, 3.63) is 0 Å². The topological polar surface area (TPSA) is 55.8 Å². The number of amides is 1. The molecule has 5 heteroatoms. The highest BCUT2D eigenvalue weighted by Crippen LogP contribution is 2.10. The minimum absolute atomic E-state index is 0.0407. The SMILES string of the molecule is CCCCCCCCCCCCOC(=O)CN(CC)C(=O)OC. The van der Waals surface area contributed by atoms with Crippen molar-refractivity contribution in [1.82, 2.24) is 4.90 Å². The summed E-state index contributed by atoms with van der Waals surface area (Å²) in [6.45, 7) is 4.86. The second-order valence-corrected chi connectivity index (χ2v) is 5.89. The molecule has 0 atom stereocenters. The van der Waals surface area contributed by atoms with Crippen LogP contribution in [-0.2, 0) is 14.3 Å². The Morgan fingerprint density at radius 2 is 1.35 bits per heavy atom. The number of carbonyl (C=O) groups excluding carboxylic acids is 2. The van der Waals surface area contributed by atoms with Crippen molar-refractivity contribution in [3.63, 3.8) is 0 Å². The number of ether oxygens (including phenoxy) is 2. The van der Waals surface area contributed by atoms with Gasteiger partial charge in [0.1, 0.15) is 6.54 Å². The molecule has 0 spiro atoms. The second kappa shape index (κ2) is 15.6. The summed E-state index contributed by atoms with van der Waals surface area (Å²) in [7, 11) is 1.31. The Hall–Kier alpha value is -1.26. The number of carbonyl (C=O) groups is 2. The first-order valence-electron chi connectivity index (χ1n) is 9.14. The van der Waals surface area contributed by atoms with Crippen molar-refractivity contribution in [2.75, 3.05) is 26.8 Å². The summed E-state index contributed by atoms with van der Waals surface area (Å²) in [6.07, 6.45) is 12.0. The molecule has 0 N–H and O–H groups in total. The Labute approximate surface area is 141 Å². The van der Waals surface area contributed by atoms with Gasteiger partial charge in [-0.25, -0.2) is 4.79 Å². The van der Waals surface area contributed by atoms with E-state index < -0.39 is 6.09 Å². The Bertz CT molecular complexity index is 307. The van der Waals surface area contributed by atoms with Gasteiger partial charge in [0, 0.05) is 6.54 Å². The number of hydrogen-bond acceptors (Lipinski definition) is 4. The molecule has 136 valence electrons. The van der Waals surface area contributed by atoms with Gasteiger partial charge in [0.05, 0.1) is 13.7 Å². The lowest BCUT2D eigenvalue weighted by Gasteiger charge is -2.17. The lowest BCUT2D eigenvalue weighted by atomic mass is 10.1. The summed E-state index contributed by atoms with van der Waals surface area (Å²) in [5, 5.41) is 0. The van der Waals surface area contributed by atoms with Gasteiger partial charge in [-0.3, -0.25) is 9.69 Å². The summed E-state index contributed by atoms with van der Waals surface area (Å²) in [5.74, 6) is -0.367. The summed E-state index contributed by atoms with van der Waals surface area (Å²) in [6, 6.07) is 0. The average molecular weight is 329 g/mol. The van der Waals surface area contributed by atoms with Crippen LogP contribution in [0.15, 0.2) is 0 Å². The van der Waals surface area contributed by atoms with Gasteiger partial charge >= 0.3 is 12.1 Å². The molecule has 0 radical (unpaired) electrons. The third-order valence-corrected chi connectivity index (χ3v) is 3.90.